The van der Waals surface area contributed by atoms with Crippen molar-refractivity contribution in [3.63, 3.8) is 0 Å². The Bertz CT molecular complexity index is 657. The monoisotopic (exact) mass is 329 g/mol. The maximum atomic E-state index is 12.6. The van der Waals surface area contributed by atoms with Crippen LogP contribution in [0.1, 0.15) is 38.2 Å². The highest BCUT2D eigenvalue weighted by molar-refractivity contribution is 5.87. The molecule has 1 aliphatic rings. The standard InChI is InChI=1S/C16H23N7O/c1-2-3-10-23-15(19-20-21-23)18-16(24)22-9-5-7-14(22)11-13-6-4-8-17-12-13/h4,6,8,12,14H,2-3,5,7,9-11H2,1H3,(H,18,19,21,24). The number of urea groups is 1. The molecule has 0 aliphatic carbocycles. The van der Waals surface area contributed by atoms with Gasteiger partial charge in [0.15, 0.2) is 0 Å². The first-order chi connectivity index (χ1) is 11.8. The highest BCUT2D eigenvalue weighted by Crippen LogP contribution is 2.21. The number of amides is 2. The Labute approximate surface area is 141 Å². The second-order valence-corrected chi connectivity index (χ2v) is 6.06. The number of carbonyl (C=O) groups excluding carboxylic acids is 1. The van der Waals surface area contributed by atoms with Gasteiger partial charge in [0.1, 0.15) is 0 Å². The number of aryl methyl sites for hydroxylation is 1. The summed E-state index contributed by atoms with van der Waals surface area (Å²) in [4.78, 5) is 18.7. The van der Waals surface area contributed by atoms with E-state index >= 15 is 0 Å². The molecule has 0 spiro atoms. The van der Waals surface area contributed by atoms with Gasteiger partial charge in [-0.3, -0.25) is 10.3 Å². The van der Waals surface area contributed by atoms with Crippen molar-refractivity contribution in [2.45, 2.75) is 51.6 Å². The van der Waals surface area contributed by atoms with Crippen LogP contribution in [0.2, 0.25) is 0 Å². The Hall–Kier alpha value is -2.51. The molecule has 0 bridgehead atoms. The number of tetrazole rings is 1. The van der Waals surface area contributed by atoms with E-state index in [4.69, 9.17) is 0 Å². The average Bonchev–Trinajstić information content (AvgIpc) is 3.23. The summed E-state index contributed by atoms with van der Waals surface area (Å²) in [6.45, 7) is 3.57. The van der Waals surface area contributed by atoms with E-state index in [1.54, 1.807) is 10.9 Å². The van der Waals surface area contributed by atoms with Crippen LogP contribution in [0.3, 0.4) is 0 Å². The Balaban J connectivity index is 1.62. The molecule has 3 heterocycles. The molecular formula is C16H23N7O. The van der Waals surface area contributed by atoms with E-state index in [2.05, 4.69) is 32.7 Å². The van der Waals surface area contributed by atoms with Gasteiger partial charge >= 0.3 is 6.03 Å². The maximum absolute atomic E-state index is 12.6. The lowest BCUT2D eigenvalue weighted by atomic mass is 10.1. The first-order valence-corrected chi connectivity index (χ1v) is 8.50. The minimum Gasteiger partial charge on any atom is -0.321 e. The summed E-state index contributed by atoms with van der Waals surface area (Å²) in [5, 5.41) is 14.4. The largest absolute Gasteiger partial charge is 0.324 e. The van der Waals surface area contributed by atoms with Crippen molar-refractivity contribution in [2.24, 2.45) is 0 Å². The van der Waals surface area contributed by atoms with Crippen LogP contribution in [0.25, 0.3) is 0 Å². The highest BCUT2D eigenvalue weighted by Gasteiger charge is 2.29. The van der Waals surface area contributed by atoms with Crippen LogP contribution in [0, 0.1) is 0 Å². The van der Waals surface area contributed by atoms with Gasteiger partial charge < -0.3 is 4.90 Å². The summed E-state index contributed by atoms with van der Waals surface area (Å²) in [5.74, 6) is 0.417. The normalized spacial score (nSPS) is 17.2. The van der Waals surface area contributed by atoms with Crippen LogP contribution in [0.15, 0.2) is 24.5 Å². The van der Waals surface area contributed by atoms with E-state index in [-0.39, 0.29) is 12.1 Å². The lowest BCUT2D eigenvalue weighted by molar-refractivity contribution is 0.206. The van der Waals surface area contributed by atoms with Crippen molar-refractivity contribution in [1.82, 2.24) is 30.1 Å². The van der Waals surface area contributed by atoms with Crippen LogP contribution in [0.5, 0.6) is 0 Å². The third-order valence-corrected chi connectivity index (χ3v) is 4.31. The molecule has 0 aromatic carbocycles. The summed E-state index contributed by atoms with van der Waals surface area (Å²) in [6, 6.07) is 4.03. The zero-order chi connectivity index (χ0) is 16.8. The fourth-order valence-electron chi connectivity index (χ4n) is 3.03. The smallest absolute Gasteiger partial charge is 0.321 e. The molecule has 2 amide bonds. The summed E-state index contributed by atoms with van der Waals surface area (Å²) in [7, 11) is 0. The van der Waals surface area contributed by atoms with Crippen LogP contribution in [-0.4, -0.2) is 48.7 Å². The number of rotatable bonds is 6. The van der Waals surface area contributed by atoms with Crippen molar-refractivity contribution in [3.05, 3.63) is 30.1 Å². The van der Waals surface area contributed by atoms with Gasteiger partial charge in [-0.25, -0.2) is 9.48 Å². The minimum atomic E-state index is -0.131. The molecule has 3 rings (SSSR count). The fourth-order valence-corrected chi connectivity index (χ4v) is 3.03. The van der Waals surface area contributed by atoms with E-state index in [9.17, 15) is 4.79 Å². The number of likely N-dealkylation sites (tertiary alicyclic amines) is 1. The van der Waals surface area contributed by atoms with Gasteiger partial charge in [0.25, 0.3) is 5.95 Å². The van der Waals surface area contributed by atoms with Gasteiger partial charge in [-0.15, -0.1) is 0 Å². The van der Waals surface area contributed by atoms with E-state index in [0.29, 0.717) is 12.5 Å². The Kier molecular flexibility index (Phi) is 5.35. The molecule has 24 heavy (non-hydrogen) atoms. The molecule has 2 aromatic heterocycles. The lowest BCUT2D eigenvalue weighted by Gasteiger charge is -2.24. The van der Waals surface area contributed by atoms with Crippen molar-refractivity contribution in [1.29, 1.82) is 0 Å². The van der Waals surface area contributed by atoms with Gasteiger partial charge in [0.2, 0.25) is 0 Å². The van der Waals surface area contributed by atoms with Crippen LogP contribution in [0.4, 0.5) is 10.7 Å². The highest BCUT2D eigenvalue weighted by atomic mass is 16.2. The summed E-state index contributed by atoms with van der Waals surface area (Å²) < 4.78 is 1.65. The fraction of sp³-hybridized carbons (Fsp3) is 0.562. The van der Waals surface area contributed by atoms with Crippen LogP contribution >= 0.6 is 0 Å². The van der Waals surface area contributed by atoms with Gasteiger partial charge in [0, 0.05) is 31.5 Å². The molecule has 8 heteroatoms. The van der Waals surface area contributed by atoms with Crippen LogP contribution in [-0.2, 0) is 13.0 Å². The zero-order valence-corrected chi connectivity index (χ0v) is 13.9. The molecule has 8 nitrogen and oxygen atoms in total. The SMILES string of the molecule is CCCCn1nnnc1NC(=O)N1CCCC1Cc1cccnc1. The molecule has 0 radical (unpaired) electrons. The number of nitrogens with zero attached hydrogens (tertiary/aromatic N) is 6. The first kappa shape index (κ1) is 16.4. The summed E-state index contributed by atoms with van der Waals surface area (Å²) in [6.07, 6.45) is 8.48. The minimum absolute atomic E-state index is 0.131. The van der Waals surface area contributed by atoms with Crippen molar-refractivity contribution < 1.29 is 4.79 Å². The van der Waals surface area contributed by atoms with E-state index < -0.39 is 0 Å². The molecule has 128 valence electrons. The van der Waals surface area contributed by atoms with Crippen molar-refractivity contribution in [2.75, 3.05) is 11.9 Å². The summed E-state index contributed by atoms with van der Waals surface area (Å²) >= 11 is 0. The quantitative estimate of drug-likeness (QED) is 0.877. The first-order valence-electron chi connectivity index (χ1n) is 8.50. The molecular weight excluding hydrogens is 306 g/mol. The summed E-state index contributed by atoms with van der Waals surface area (Å²) in [5.41, 5.74) is 1.15. The molecule has 1 saturated heterocycles. The number of aromatic nitrogens is 5. The van der Waals surface area contributed by atoms with E-state index in [1.165, 1.54) is 0 Å². The van der Waals surface area contributed by atoms with Gasteiger partial charge in [-0.2, -0.15) is 0 Å². The predicted octanol–water partition coefficient (Wildman–Crippen LogP) is 2.11. The molecule has 1 atom stereocenters. The second-order valence-electron chi connectivity index (χ2n) is 6.06. The van der Waals surface area contributed by atoms with Crippen LogP contribution < -0.4 is 5.32 Å². The van der Waals surface area contributed by atoms with E-state index in [1.807, 2.05) is 23.2 Å². The number of nitrogens with one attached hydrogen (secondary N) is 1. The number of hydrogen-bond acceptors (Lipinski definition) is 5. The molecule has 0 saturated carbocycles. The maximum Gasteiger partial charge on any atom is 0.324 e. The topological polar surface area (TPSA) is 88.8 Å². The number of anilines is 1. The zero-order valence-electron chi connectivity index (χ0n) is 13.9. The van der Waals surface area contributed by atoms with Crippen molar-refractivity contribution >= 4 is 12.0 Å². The van der Waals surface area contributed by atoms with Crippen molar-refractivity contribution in [3.8, 4) is 0 Å². The molecule has 1 unspecified atom stereocenters. The number of unbranched alkanes of at least 4 members (excludes halogenated alkanes) is 1. The van der Waals surface area contributed by atoms with Gasteiger partial charge in [-0.05, 0) is 47.7 Å². The molecule has 1 aliphatic heterocycles. The number of pyridine rings is 1. The third kappa shape index (κ3) is 3.87. The molecule has 2 aromatic rings. The average molecular weight is 329 g/mol. The Morgan fingerprint density at radius 3 is 3.17 bits per heavy atom. The predicted molar refractivity (Wildman–Crippen MR) is 89.4 cm³/mol. The lowest BCUT2D eigenvalue weighted by Crippen LogP contribution is -2.40. The second kappa shape index (κ2) is 7.85. The Morgan fingerprint density at radius 2 is 2.38 bits per heavy atom. The third-order valence-electron chi connectivity index (χ3n) is 4.31. The van der Waals surface area contributed by atoms with E-state index in [0.717, 1.165) is 44.2 Å². The van der Waals surface area contributed by atoms with Gasteiger partial charge in [0.05, 0.1) is 0 Å². The number of carbonyl (C=O) groups is 1. The number of hydrogen-bond donors (Lipinski definition) is 1. The Morgan fingerprint density at radius 1 is 1.46 bits per heavy atom. The molecule has 1 fully saturated rings. The van der Waals surface area contributed by atoms with Gasteiger partial charge in [-0.1, -0.05) is 24.5 Å². The molecule has 1 N–H and O–H groups in total.